The van der Waals surface area contributed by atoms with Gasteiger partial charge in [0.25, 0.3) is 5.91 Å². The van der Waals surface area contributed by atoms with Crippen molar-refractivity contribution in [3.63, 3.8) is 0 Å². The summed E-state index contributed by atoms with van der Waals surface area (Å²) in [5.74, 6) is -1.15. The summed E-state index contributed by atoms with van der Waals surface area (Å²) in [7, 11) is 0. The van der Waals surface area contributed by atoms with Gasteiger partial charge in [-0.15, -0.1) is 0 Å². The van der Waals surface area contributed by atoms with E-state index in [1.165, 1.54) is 11.3 Å². The van der Waals surface area contributed by atoms with Crippen molar-refractivity contribution in [1.29, 1.82) is 0 Å². The second kappa shape index (κ2) is 8.53. The second-order valence-corrected chi connectivity index (χ2v) is 6.48. The Balaban J connectivity index is 2.20. The Kier molecular flexibility index (Phi) is 7.04. The molecule has 1 heterocycles. The molecule has 0 atom stereocenters. The minimum atomic E-state index is -0.876. The fraction of sp³-hybridized carbons (Fsp3) is 0.533. The van der Waals surface area contributed by atoms with Crippen LogP contribution >= 0.6 is 11.3 Å². The van der Waals surface area contributed by atoms with E-state index in [-0.39, 0.29) is 18.2 Å². The summed E-state index contributed by atoms with van der Waals surface area (Å²) < 4.78 is 0. The van der Waals surface area contributed by atoms with Crippen LogP contribution in [0.15, 0.2) is 16.8 Å². The van der Waals surface area contributed by atoms with Crippen molar-refractivity contribution in [3.8, 4) is 0 Å². The lowest BCUT2D eigenvalue weighted by Crippen LogP contribution is -2.43. The number of nitrogens with one attached hydrogen (secondary N) is 2. The molecule has 0 unspecified atom stereocenters. The van der Waals surface area contributed by atoms with Crippen molar-refractivity contribution >= 4 is 29.1 Å². The molecule has 7 heteroatoms. The minimum absolute atomic E-state index is 0.0178. The van der Waals surface area contributed by atoms with Crippen molar-refractivity contribution in [3.05, 3.63) is 22.4 Å². The number of aliphatic carboxylic acids is 1. The monoisotopic (exact) mass is 326 g/mol. The fourth-order valence-corrected chi connectivity index (χ4v) is 2.50. The average Bonchev–Trinajstić information content (AvgIpc) is 2.95. The van der Waals surface area contributed by atoms with Crippen LogP contribution in [0.4, 0.5) is 0 Å². The molecule has 0 spiro atoms. The van der Waals surface area contributed by atoms with Crippen LogP contribution in [0, 0.1) is 0 Å². The first-order valence-electron chi connectivity index (χ1n) is 7.13. The molecule has 3 N–H and O–H groups in total. The highest BCUT2D eigenvalue weighted by atomic mass is 32.1. The topological polar surface area (TPSA) is 95.5 Å². The van der Waals surface area contributed by atoms with Gasteiger partial charge in [0.05, 0.1) is 0 Å². The maximum Gasteiger partial charge on any atom is 0.303 e. The van der Waals surface area contributed by atoms with Crippen LogP contribution in [-0.2, 0) is 9.59 Å². The van der Waals surface area contributed by atoms with E-state index in [0.29, 0.717) is 31.4 Å². The molecule has 0 aliphatic rings. The van der Waals surface area contributed by atoms with Gasteiger partial charge in [-0.05, 0) is 38.1 Å². The number of amides is 2. The molecule has 0 saturated carbocycles. The molecule has 6 nitrogen and oxygen atoms in total. The minimum Gasteiger partial charge on any atom is -0.481 e. The smallest absolute Gasteiger partial charge is 0.303 e. The van der Waals surface area contributed by atoms with Gasteiger partial charge in [-0.25, -0.2) is 0 Å². The third-order valence-electron chi connectivity index (χ3n) is 3.09. The van der Waals surface area contributed by atoms with Gasteiger partial charge in [0, 0.05) is 35.9 Å². The Morgan fingerprint density at radius 2 is 2.00 bits per heavy atom. The normalized spacial score (nSPS) is 11.0. The lowest BCUT2D eigenvalue weighted by Gasteiger charge is -2.25. The van der Waals surface area contributed by atoms with Gasteiger partial charge < -0.3 is 15.7 Å². The number of carboxylic acid groups (broad SMARTS) is 1. The fourth-order valence-electron chi connectivity index (χ4n) is 1.87. The SMILES string of the molecule is CC(C)(CCC(=O)O)NC(=O)CCCNC(=O)c1ccsc1. The molecule has 2 amide bonds. The molecule has 0 fully saturated rings. The van der Waals surface area contributed by atoms with Gasteiger partial charge >= 0.3 is 5.97 Å². The maximum atomic E-state index is 11.8. The van der Waals surface area contributed by atoms with Crippen LogP contribution in [0.5, 0.6) is 0 Å². The Bertz CT molecular complexity index is 512. The van der Waals surface area contributed by atoms with Crippen molar-refractivity contribution in [2.75, 3.05) is 6.54 Å². The molecule has 0 aliphatic carbocycles. The van der Waals surface area contributed by atoms with E-state index in [2.05, 4.69) is 10.6 Å². The van der Waals surface area contributed by atoms with Crippen LogP contribution in [0.2, 0.25) is 0 Å². The molecule has 0 radical (unpaired) electrons. The van der Waals surface area contributed by atoms with E-state index in [1.54, 1.807) is 25.3 Å². The average molecular weight is 326 g/mol. The molecule has 1 aromatic heterocycles. The number of thiophene rings is 1. The van der Waals surface area contributed by atoms with Crippen molar-refractivity contribution < 1.29 is 19.5 Å². The number of carbonyl (C=O) groups is 3. The van der Waals surface area contributed by atoms with Gasteiger partial charge in [-0.2, -0.15) is 11.3 Å². The van der Waals surface area contributed by atoms with E-state index in [9.17, 15) is 14.4 Å². The molecular formula is C15H22N2O4S. The van der Waals surface area contributed by atoms with Gasteiger partial charge in [-0.3, -0.25) is 14.4 Å². The summed E-state index contributed by atoms with van der Waals surface area (Å²) >= 11 is 1.46. The predicted octanol–water partition coefficient (Wildman–Crippen LogP) is 2.02. The highest BCUT2D eigenvalue weighted by Crippen LogP contribution is 2.11. The number of carboxylic acids is 1. The standard InChI is InChI=1S/C15H22N2O4S/c1-15(2,7-5-13(19)20)17-12(18)4-3-8-16-14(21)11-6-9-22-10-11/h6,9-10H,3-5,7-8H2,1-2H3,(H,16,21)(H,17,18)(H,19,20). The summed E-state index contributed by atoms with van der Waals surface area (Å²) in [4.78, 5) is 34.0. The molecular weight excluding hydrogens is 304 g/mol. The second-order valence-electron chi connectivity index (χ2n) is 5.70. The highest BCUT2D eigenvalue weighted by Gasteiger charge is 2.21. The summed E-state index contributed by atoms with van der Waals surface area (Å²) in [6.07, 6.45) is 1.23. The zero-order chi connectivity index (χ0) is 16.6. The Morgan fingerprint density at radius 1 is 1.27 bits per heavy atom. The number of rotatable bonds is 9. The van der Waals surface area contributed by atoms with E-state index in [0.717, 1.165) is 0 Å². The largest absolute Gasteiger partial charge is 0.481 e. The summed E-state index contributed by atoms with van der Waals surface area (Å²) in [5, 5.41) is 17.8. The number of hydrogen-bond donors (Lipinski definition) is 3. The molecule has 0 saturated heterocycles. The third kappa shape index (κ3) is 7.21. The molecule has 1 aromatic rings. The Labute approximate surface area is 133 Å². The number of carbonyl (C=O) groups excluding carboxylic acids is 2. The van der Waals surface area contributed by atoms with Crippen molar-refractivity contribution in [2.45, 2.75) is 45.1 Å². The van der Waals surface area contributed by atoms with Crippen LogP contribution < -0.4 is 10.6 Å². The Hall–Kier alpha value is -1.89. The van der Waals surface area contributed by atoms with E-state index in [1.807, 2.05) is 5.38 Å². The lowest BCUT2D eigenvalue weighted by molar-refractivity contribution is -0.137. The Morgan fingerprint density at radius 3 is 2.59 bits per heavy atom. The highest BCUT2D eigenvalue weighted by molar-refractivity contribution is 7.08. The summed E-state index contributed by atoms with van der Waals surface area (Å²) in [6, 6.07) is 1.75. The molecule has 0 aromatic carbocycles. The quantitative estimate of drug-likeness (QED) is 0.605. The third-order valence-corrected chi connectivity index (χ3v) is 3.77. The van der Waals surface area contributed by atoms with Crippen LogP contribution in [0.25, 0.3) is 0 Å². The summed E-state index contributed by atoms with van der Waals surface area (Å²) in [5.41, 5.74) is 0.0827. The molecule has 22 heavy (non-hydrogen) atoms. The van der Waals surface area contributed by atoms with Crippen LogP contribution in [0.3, 0.4) is 0 Å². The van der Waals surface area contributed by atoms with Gasteiger partial charge in [0.2, 0.25) is 5.91 Å². The zero-order valence-electron chi connectivity index (χ0n) is 12.8. The zero-order valence-corrected chi connectivity index (χ0v) is 13.7. The van der Waals surface area contributed by atoms with Crippen LogP contribution in [0.1, 0.15) is 49.9 Å². The molecule has 1 rings (SSSR count). The first-order valence-corrected chi connectivity index (χ1v) is 8.08. The maximum absolute atomic E-state index is 11.8. The van der Waals surface area contributed by atoms with Crippen LogP contribution in [-0.4, -0.2) is 35.0 Å². The predicted molar refractivity (Wildman–Crippen MR) is 85.0 cm³/mol. The van der Waals surface area contributed by atoms with E-state index < -0.39 is 11.5 Å². The van der Waals surface area contributed by atoms with Crippen molar-refractivity contribution in [1.82, 2.24) is 10.6 Å². The van der Waals surface area contributed by atoms with Gasteiger partial charge in [0.15, 0.2) is 0 Å². The first kappa shape index (κ1) is 18.2. The molecule has 122 valence electrons. The van der Waals surface area contributed by atoms with E-state index >= 15 is 0 Å². The van der Waals surface area contributed by atoms with Crippen molar-refractivity contribution in [2.24, 2.45) is 0 Å². The van der Waals surface area contributed by atoms with E-state index in [4.69, 9.17) is 5.11 Å². The number of hydrogen-bond acceptors (Lipinski definition) is 4. The molecule has 0 bridgehead atoms. The first-order chi connectivity index (χ1) is 10.3. The van der Waals surface area contributed by atoms with Gasteiger partial charge in [0.1, 0.15) is 0 Å². The van der Waals surface area contributed by atoms with Gasteiger partial charge in [-0.1, -0.05) is 0 Å². The summed E-state index contributed by atoms with van der Waals surface area (Å²) in [6.45, 7) is 4.02. The molecule has 0 aliphatic heterocycles. The lowest BCUT2D eigenvalue weighted by atomic mass is 9.98.